The van der Waals surface area contributed by atoms with Gasteiger partial charge >= 0.3 is 5.97 Å². The zero-order valence-corrected chi connectivity index (χ0v) is 44.2. The minimum absolute atomic E-state index is 0.0369. The van der Waals surface area contributed by atoms with E-state index in [9.17, 15) is 19.8 Å². The van der Waals surface area contributed by atoms with Crippen LogP contribution in [0, 0.1) is 0 Å². The summed E-state index contributed by atoms with van der Waals surface area (Å²) in [5.41, 5.74) is 0. The molecule has 0 rings (SSSR count). The molecule has 0 fully saturated rings. The van der Waals surface area contributed by atoms with Crippen LogP contribution >= 0.6 is 0 Å². The molecule has 388 valence electrons. The molecule has 0 heterocycles. The molecule has 0 aliphatic carbocycles. The predicted octanol–water partition coefficient (Wildman–Crippen LogP) is 18.0. The summed E-state index contributed by atoms with van der Waals surface area (Å²) in [6, 6.07) is -0.563. The molecule has 0 spiro atoms. The Hall–Kier alpha value is -1.92. The van der Waals surface area contributed by atoms with Crippen LogP contribution in [0.25, 0.3) is 0 Å². The van der Waals surface area contributed by atoms with Crippen LogP contribution in [0.2, 0.25) is 0 Å². The van der Waals surface area contributed by atoms with Gasteiger partial charge in [0, 0.05) is 12.8 Å². The molecule has 0 radical (unpaired) electrons. The molecule has 66 heavy (non-hydrogen) atoms. The highest BCUT2D eigenvalue weighted by atomic mass is 16.5. The molecule has 2 unspecified atom stereocenters. The Morgan fingerprint density at radius 2 is 0.773 bits per heavy atom. The van der Waals surface area contributed by atoms with Crippen molar-refractivity contribution in [3.05, 3.63) is 36.5 Å². The van der Waals surface area contributed by atoms with Gasteiger partial charge in [0.2, 0.25) is 5.91 Å². The number of allylic oxidation sites excluding steroid dienone is 6. The van der Waals surface area contributed by atoms with E-state index in [0.717, 1.165) is 89.9 Å². The average molecular weight is 929 g/mol. The number of carbonyl (C=O) groups excluding carboxylic acids is 2. The highest BCUT2D eigenvalue weighted by Crippen LogP contribution is 2.17. The summed E-state index contributed by atoms with van der Waals surface area (Å²) in [6.07, 6.45) is 68.5. The molecule has 6 nitrogen and oxygen atoms in total. The number of rotatable bonds is 54. The summed E-state index contributed by atoms with van der Waals surface area (Å²) < 4.78 is 5.44. The van der Waals surface area contributed by atoms with Crippen LogP contribution < -0.4 is 5.32 Å². The second kappa shape index (κ2) is 55.7. The third kappa shape index (κ3) is 51.5. The van der Waals surface area contributed by atoms with Crippen LogP contribution in [0.4, 0.5) is 0 Å². The molecule has 6 heteroatoms. The van der Waals surface area contributed by atoms with Crippen molar-refractivity contribution in [1.82, 2.24) is 5.32 Å². The van der Waals surface area contributed by atoms with Crippen molar-refractivity contribution in [2.75, 3.05) is 13.2 Å². The number of carbonyl (C=O) groups is 2. The second-order valence-corrected chi connectivity index (χ2v) is 20.0. The lowest BCUT2D eigenvalue weighted by molar-refractivity contribution is -0.143. The summed E-state index contributed by atoms with van der Waals surface area (Å²) in [6.45, 7) is 4.86. The normalized spacial score (nSPS) is 12.8. The van der Waals surface area contributed by atoms with Crippen molar-refractivity contribution in [2.45, 2.75) is 321 Å². The maximum Gasteiger partial charge on any atom is 0.305 e. The standard InChI is InChI=1S/C60H113NO5/c1-3-5-7-9-11-13-15-17-19-20-21-22-23-24-25-26-27-28-32-36-40-44-48-52-58(63)57(56-62)61-59(64)53-49-45-41-37-33-30-31-35-39-43-47-51-55-66-60(65)54-50-46-42-38-34-29-18-16-14-12-10-8-6-4-2/h10,12,16,18,31,35,57-58,62-63H,3-9,11,13-15,17,19-30,32-34,36-56H2,1-2H3,(H,61,64)/b12-10-,18-16-,35-31-. The average Bonchev–Trinajstić information content (AvgIpc) is 3.32. The highest BCUT2D eigenvalue weighted by Gasteiger charge is 2.20. The fraction of sp³-hybridized carbons (Fsp3) is 0.867. The molecule has 3 N–H and O–H groups in total. The Morgan fingerprint density at radius 3 is 1.21 bits per heavy atom. The Morgan fingerprint density at radius 1 is 0.424 bits per heavy atom. The van der Waals surface area contributed by atoms with Gasteiger partial charge in [-0.3, -0.25) is 9.59 Å². The lowest BCUT2D eigenvalue weighted by atomic mass is 10.0. The van der Waals surface area contributed by atoms with E-state index < -0.39 is 12.1 Å². The number of unbranched alkanes of at least 4 members (excludes halogenated alkanes) is 37. The van der Waals surface area contributed by atoms with Crippen molar-refractivity contribution in [3.8, 4) is 0 Å². The number of aliphatic hydroxyl groups excluding tert-OH is 2. The van der Waals surface area contributed by atoms with Crippen LogP contribution in [0.1, 0.15) is 309 Å². The van der Waals surface area contributed by atoms with Crippen molar-refractivity contribution in [3.63, 3.8) is 0 Å². The molecule has 0 saturated heterocycles. The number of amides is 1. The first kappa shape index (κ1) is 64.1. The van der Waals surface area contributed by atoms with Crippen LogP contribution in [0.15, 0.2) is 36.5 Å². The smallest absolute Gasteiger partial charge is 0.305 e. The van der Waals surface area contributed by atoms with Gasteiger partial charge in [-0.2, -0.15) is 0 Å². The lowest BCUT2D eigenvalue weighted by Crippen LogP contribution is -2.45. The highest BCUT2D eigenvalue weighted by molar-refractivity contribution is 5.76. The first-order valence-corrected chi connectivity index (χ1v) is 29.2. The van der Waals surface area contributed by atoms with Gasteiger partial charge in [0.05, 0.1) is 25.4 Å². The van der Waals surface area contributed by atoms with E-state index in [1.807, 2.05) is 0 Å². The first-order valence-electron chi connectivity index (χ1n) is 29.2. The summed E-state index contributed by atoms with van der Waals surface area (Å²) >= 11 is 0. The molecule has 2 atom stereocenters. The van der Waals surface area contributed by atoms with E-state index in [-0.39, 0.29) is 18.5 Å². The SMILES string of the molecule is CCCC/C=C\C/C=C\CCCCCCCC(=O)OCCCCC/C=C\CCCCCCCC(=O)NC(CO)C(O)CCCCCCCCCCCCCCCCCCCCCCCCC. The van der Waals surface area contributed by atoms with Gasteiger partial charge in [-0.25, -0.2) is 0 Å². The van der Waals surface area contributed by atoms with Gasteiger partial charge in [-0.15, -0.1) is 0 Å². The largest absolute Gasteiger partial charge is 0.466 e. The van der Waals surface area contributed by atoms with Crippen LogP contribution in [0.3, 0.4) is 0 Å². The van der Waals surface area contributed by atoms with E-state index in [4.69, 9.17) is 4.74 Å². The molecular formula is C60H113NO5. The van der Waals surface area contributed by atoms with Crippen molar-refractivity contribution in [2.24, 2.45) is 0 Å². The number of hydrogen-bond donors (Lipinski definition) is 3. The third-order valence-corrected chi connectivity index (χ3v) is 13.4. The van der Waals surface area contributed by atoms with E-state index >= 15 is 0 Å². The van der Waals surface area contributed by atoms with Crippen molar-refractivity contribution in [1.29, 1.82) is 0 Å². The van der Waals surface area contributed by atoms with Gasteiger partial charge in [0.1, 0.15) is 0 Å². The number of hydrogen-bond acceptors (Lipinski definition) is 5. The topological polar surface area (TPSA) is 95.9 Å². The number of esters is 1. The fourth-order valence-electron chi connectivity index (χ4n) is 8.89. The van der Waals surface area contributed by atoms with E-state index in [1.165, 1.54) is 186 Å². The zero-order valence-electron chi connectivity index (χ0n) is 44.2. The number of aliphatic hydroxyl groups is 2. The van der Waals surface area contributed by atoms with Crippen LogP contribution in [-0.4, -0.2) is 47.4 Å². The van der Waals surface area contributed by atoms with Crippen molar-refractivity contribution >= 4 is 11.9 Å². The van der Waals surface area contributed by atoms with E-state index in [0.29, 0.717) is 25.9 Å². The summed E-state index contributed by atoms with van der Waals surface area (Å²) in [4.78, 5) is 24.5. The monoisotopic (exact) mass is 928 g/mol. The predicted molar refractivity (Wildman–Crippen MR) is 287 cm³/mol. The van der Waals surface area contributed by atoms with E-state index in [1.54, 1.807) is 0 Å². The molecule has 0 aromatic heterocycles. The summed E-state index contributed by atoms with van der Waals surface area (Å²) in [5, 5.41) is 23.3. The van der Waals surface area contributed by atoms with E-state index in [2.05, 4.69) is 55.6 Å². The molecule has 0 bridgehead atoms. The van der Waals surface area contributed by atoms with Crippen LogP contribution in [0.5, 0.6) is 0 Å². The lowest BCUT2D eigenvalue weighted by Gasteiger charge is -2.22. The second-order valence-electron chi connectivity index (χ2n) is 20.0. The van der Waals surface area contributed by atoms with Gasteiger partial charge in [-0.05, 0) is 83.5 Å². The minimum Gasteiger partial charge on any atom is -0.466 e. The Bertz CT molecular complexity index is 1070. The molecule has 0 saturated carbocycles. The van der Waals surface area contributed by atoms with Gasteiger partial charge in [-0.1, -0.05) is 249 Å². The summed E-state index contributed by atoms with van der Waals surface area (Å²) in [5.74, 6) is -0.0964. The number of ether oxygens (including phenoxy) is 1. The maximum atomic E-state index is 12.5. The molecule has 0 aromatic carbocycles. The van der Waals surface area contributed by atoms with Gasteiger partial charge < -0.3 is 20.3 Å². The third-order valence-electron chi connectivity index (χ3n) is 13.4. The quantitative estimate of drug-likeness (QED) is 0.0321. The first-order chi connectivity index (χ1) is 32.5. The zero-order chi connectivity index (χ0) is 47.9. The van der Waals surface area contributed by atoms with Crippen molar-refractivity contribution < 1.29 is 24.5 Å². The van der Waals surface area contributed by atoms with Crippen LogP contribution in [-0.2, 0) is 14.3 Å². The fourth-order valence-corrected chi connectivity index (χ4v) is 8.89. The van der Waals surface area contributed by atoms with Gasteiger partial charge in [0.15, 0.2) is 0 Å². The molecular weight excluding hydrogens is 815 g/mol. The maximum absolute atomic E-state index is 12.5. The summed E-state index contributed by atoms with van der Waals surface area (Å²) in [7, 11) is 0. The molecule has 0 aliphatic heterocycles. The minimum atomic E-state index is -0.683. The van der Waals surface area contributed by atoms with Gasteiger partial charge in [0.25, 0.3) is 0 Å². The number of nitrogens with one attached hydrogen (secondary N) is 1. The Labute approximate surface area is 411 Å². The Kier molecular flexibility index (Phi) is 54.1. The molecule has 0 aromatic rings. The molecule has 0 aliphatic rings. The molecule has 1 amide bonds. The Balaban J connectivity index is 3.50.